The molecule has 1 N–H and O–H groups in total. The summed E-state index contributed by atoms with van der Waals surface area (Å²) in [6.45, 7) is 10.6. The first-order chi connectivity index (χ1) is 9.94. The van der Waals surface area contributed by atoms with Crippen LogP contribution in [0.4, 0.5) is 0 Å². The predicted molar refractivity (Wildman–Crippen MR) is 87.4 cm³/mol. The third-order valence-corrected chi connectivity index (χ3v) is 4.68. The molecule has 0 aliphatic heterocycles. The van der Waals surface area contributed by atoms with E-state index >= 15 is 0 Å². The van der Waals surface area contributed by atoms with Crippen molar-refractivity contribution in [3.8, 4) is 0 Å². The van der Waals surface area contributed by atoms with Crippen molar-refractivity contribution >= 4 is 5.97 Å². The number of hydrogen-bond donors (Lipinski definition) is 1. The van der Waals surface area contributed by atoms with Crippen molar-refractivity contribution in [2.24, 2.45) is 5.92 Å². The number of carbonyl (C=O) groups is 1. The van der Waals surface area contributed by atoms with E-state index in [-0.39, 0.29) is 5.97 Å². The molecule has 2 atom stereocenters. The first-order valence-corrected chi connectivity index (χ1v) is 8.57. The summed E-state index contributed by atoms with van der Waals surface area (Å²) in [5.41, 5.74) is -0.546. The van der Waals surface area contributed by atoms with Crippen LogP contribution in [0, 0.1) is 5.92 Å². The second-order valence-electron chi connectivity index (χ2n) is 6.64. The summed E-state index contributed by atoms with van der Waals surface area (Å²) in [5.74, 6) is 0.779. The smallest absolute Gasteiger partial charge is 0.326 e. The molecule has 1 aliphatic rings. The summed E-state index contributed by atoms with van der Waals surface area (Å²) in [7, 11) is 2.20. The minimum atomic E-state index is -0.546. The van der Waals surface area contributed by atoms with Gasteiger partial charge >= 0.3 is 5.97 Å². The van der Waals surface area contributed by atoms with Crippen LogP contribution >= 0.6 is 0 Å². The van der Waals surface area contributed by atoms with Crippen molar-refractivity contribution in [1.29, 1.82) is 0 Å². The zero-order valence-corrected chi connectivity index (χ0v) is 14.6. The third kappa shape index (κ3) is 5.95. The number of hydrogen-bond acceptors (Lipinski definition) is 4. The molecule has 0 spiro atoms. The molecule has 0 radical (unpaired) electrons. The minimum absolute atomic E-state index is 0.114. The zero-order chi connectivity index (χ0) is 15.9. The number of nitrogens with one attached hydrogen (secondary N) is 1. The fourth-order valence-electron chi connectivity index (χ4n) is 2.78. The van der Waals surface area contributed by atoms with Gasteiger partial charge in [0, 0.05) is 6.04 Å². The SMILES string of the molecule is CCCNC(C)(CCCN(C)C(C)C1CC1)C(=O)OCC. The van der Waals surface area contributed by atoms with Crippen LogP contribution in [0.5, 0.6) is 0 Å². The lowest BCUT2D eigenvalue weighted by Crippen LogP contribution is -2.51. The second kappa shape index (κ2) is 8.74. The highest BCUT2D eigenvalue weighted by molar-refractivity contribution is 5.80. The summed E-state index contributed by atoms with van der Waals surface area (Å²) in [4.78, 5) is 14.6. The Morgan fingerprint density at radius 3 is 2.62 bits per heavy atom. The highest BCUT2D eigenvalue weighted by Gasteiger charge is 2.34. The molecule has 1 aliphatic carbocycles. The van der Waals surface area contributed by atoms with Crippen molar-refractivity contribution in [1.82, 2.24) is 10.2 Å². The van der Waals surface area contributed by atoms with Gasteiger partial charge in [0.1, 0.15) is 5.54 Å². The highest BCUT2D eigenvalue weighted by atomic mass is 16.5. The van der Waals surface area contributed by atoms with Gasteiger partial charge in [0.25, 0.3) is 0 Å². The number of ether oxygens (including phenoxy) is 1. The molecule has 0 aromatic rings. The van der Waals surface area contributed by atoms with E-state index < -0.39 is 5.54 Å². The molecule has 0 amide bonds. The molecule has 1 rings (SSSR count). The lowest BCUT2D eigenvalue weighted by Gasteiger charge is -2.30. The molecular weight excluding hydrogens is 264 g/mol. The molecule has 2 unspecified atom stereocenters. The fraction of sp³-hybridized carbons (Fsp3) is 0.941. The maximum Gasteiger partial charge on any atom is 0.326 e. The van der Waals surface area contributed by atoms with Gasteiger partial charge in [-0.1, -0.05) is 6.92 Å². The van der Waals surface area contributed by atoms with Crippen molar-refractivity contribution < 1.29 is 9.53 Å². The predicted octanol–water partition coefficient (Wildman–Crippen LogP) is 2.82. The molecule has 0 heterocycles. The van der Waals surface area contributed by atoms with Gasteiger partial charge < -0.3 is 15.0 Å². The molecule has 0 bridgehead atoms. The molecule has 0 saturated heterocycles. The molecule has 0 aromatic heterocycles. The van der Waals surface area contributed by atoms with Gasteiger partial charge in [0.05, 0.1) is 6.61 Å². The highest BCUT2D eigenvalue weighted by Crippen LogP contribution is 2.34. The Balaban J connectivity index is 2.42. The first kappa shape index (κ1) is 18.4. The maximum absolute atomic E-state index is 12.2. The average Bonchev–Trinajstić information content (AvgIpc) is 3.29. The van der Waals surface area contributed by atoms with Gasteiger partial charge in [-0.05, 0) is 78.9 Å². The van der Waals surface area contributed by atoms with Crippen molar-refractivity contribution in [2.45, 2.75) is 71.4 Å². The van der Waals surface area contributed by atoms with Crippen LogP contribution < -0.4 is 5.32 Å². The van der Waals surface area contributed by atoms with E-state index in [4.69, 9.17) is 4.74 Å². The monoisotopic (exact) mass is 298 g/mol. The van der Waals surface area contributed by atoms with Gasteiger partial charge in [0.2, 0.25) is 0 Å². The third-order valence-electron chi connectivity index (χ3n) is 4.68. The van der Waals surface area contributed by atoms with E-state index in [1.807, 2.05) is 13.8 Å². The molecule has 1 fully saturated rings. The summed E-state index contributed by atoms with van der Waals surface area (Å²) in [6, 6.07) is 0.669. The van der Waals surface area contributed by atoms with Crippen LogP contribution in [-0.4, -0.2) is 49.2 Å². The Hall–Kier alpha value is -0.610. The number of rotatable bonds is 11. The summed E-state index contributed by atoms with van der Waals surface area (Å²) >= 11 is 0. The zero-order valence-electron chi connectivity index (χ0n) is 14.6. The number of nitrogens with zero attached hydrogens (tertiary/aromatic N) is 1. The van der Waals surface area contributed by atoms with Crippen LogP contribution in [0.2, 0.25) is 0 Å². The molecule has 4 nitrogen and oxygen atoms in total. The standard InChI is InChI=1S/C17H34N2O2/c1-6-12-18-17(4,16(20)21-7-2)11-8-13-19(5)14(3)15-9-10-15/h14-15,18H,6-13H2,1-5H3. The first-order valence-electron chi connectivity index (χ1n) is 8.57. The van der Waals surface area contributed by atoms with E-state index in [1.54, 1.807) is 0 Å². The van der Waals surface area contributed by atoms with E-state index in [0.717, 1.165) is 38.3 Å². The van der Waals surface area contributed by atoms with E-state index in [9.17, 15) is 4.79 Å². The van der Waals surface area contributed by atoms with Gasteiger partial charge in [-0.15, -0.1) is 0 Å². The van der Waals surface area contributed by atoms with Crippen LogP contribution in [0.25, 0.3) is 0 Å². The van der Waals surface area contributed by atoms with Gasteiger partial charge in [-0.3, -0.25) is 4.79 Å². The molecular formula is C17H34N2O2. The largest absolute Gasteiger partial charge is 0.465 e. The Bertz CT molecular complexity index is 318. The molecule has 4 heteroatoms. The lowest BCUT2D eigenvalue weighted by atomic mass is 9.95. The summed E-state index contributed by atoms with van der Waals surface area (Å²) < 4.78 is 5.24. The molecule has 0 aromatic carbocycles. The van der Waals surface area contributed by atoms with Crippen molar-refractivity contribution in [2.75, 3.05) is 26.7 Å². The Labute approximate surface area is 130 Å². The van der Waals surface area contributed by atoms with Crippen molar-refractivity contribution in [3.63, 3.8) is 0 Å². The summed E-state index contributed by atoms with van der Waals surface area (Å²) in [5, 5.41) is 3.38. The van der Waals surface area contributed by atoms with Crippen molar-refractivity contribution in [3.05, 3.63) is 0 Å². The second-order valence-corrected chi connectivity index (χ2v) is 6.64. The maximum atomic E-state index is 12.2. The van der Waals surface area contributed by atoms with Gasteiger partial charge in [-0.2, -0.15) is 0 Å². The average molecular weight is 298 g/mol. The number of esters is 1. The van der Waals surface area contributed by atoms with Gasteiger partial charge in [0.15, 0.2) is 0 Å². The van der Waals surface area contributed by atoms with Crippen LogP contribution in [0.1, 0.15) is 59.8 Å². The normalized spacial score (nSPS) is 19.3. The summed E-state index contributed by atoms with van der Waals surface area (Å²) in [6.07, 6.45) is 5.62. The van der Waals surface area contributed by atoms with E-state index in [0.29, 0.717) is 12.6 Å². The Kier molecular flexibility index (Phi) is 7.67. The van der Waals surface area contributed by atoms with E-state index in [2.05, 4.69) is 31.1 Å². The van der Waals surface area contributed by atoms with Crippen LogP contribution in [-0.2, 0) is 9.53 Å². The minimum Gasteiger partial charge on any atom is -0.465 e. The number of carbonyl (C=O) groups excluding carboxylic acids is 1. The topological polar surface area (TPSA) is 41.6 Å². The van der Waals surface area contributed by atoms with Gasteiger partial charge in [-0.25, -0.2) is 0 Å². The lowest BCUT2D eigenvalue weighted by molar-refractivity contribution is -0.150. The fourth-order valence-corrected chi connectivity index (χ4v) is 2.78. The van der Waals surface area contributed by atoms with Crippen LogP contribution in [0.15, 0.2) is 0 Å². The van der Waals surface area contributed by atoms with Crippen LogP contribution in [0.3, 0.4) is 0 Å². The molecule has 1 saturated carbocycles. The van der Waals surface area contributed by atoms with E-state index in [1.165, 1.54) is 12.8 Å². The quantitative estimate of drug-likeness (QED) is 0.596. The molecule has 21 heavy (non-hydrogen) atoms. The molecule has 124 valence electrons. The Morgan fingerprint density at radius 2 is 2.10 bits per heavy atom. The Morgan fingerprint density at radius 1 is 1.43 bits per heavy atom.